The summed E-state index contributed by atoms with van der Waals surface area (Å²) in [6.45, 7) is 1.87. The zero-order valence-electron chi connectivity index (χ0n) is 15.3. The second-order valence-electron chi connectivity index (χ2n) is 6.22. The Kier molecular flexibility index (Phi) is 8.19. The molecule has 138 valence electrons. The summed E-state index contributed by atoms with van der Waals surface area (Å²) in [4.78, 5) is 25.8. The van der Waals surface area contributed by atoms with E-state index in [1.54, 1.807) is 0 Å². The normalized spacial score (nSPS) is 10.2. The van der Waals surface area contributed by atoms with Crippen LogP contribution >= 0.6 is 0 Å². The maximum absolute atomic E-state index is 11.8. The average Bonchev–Trinajstić information content (AvgIpc) is 2.66. The van der Waals surface area contributed by atoms with Crippen LogP contribution in [0.4, 0.5) is 5.69 Å². The second-order valence-corrected chi connectivity index (χ2v) is 6.22. The van der Waals surface area contributed by atoms with Gasteiger partial charge in [0.25, 0.3) is 0 Å². The molecule has 0 aliphatic carbocycles. The molecule has 2 amide bonds. The van der Waals surface area contributed by atoms with E-state index in [1.165, 1.54) is 5.69 Å². The van der Waals surface area contributed by atoms with Crippen LogP contribution in [0.5, 0.6) is 0 Å². The molecule has 0 radical (unpaired) electrons. The molecule has 0 unspecified atom stereocenters. The Balaban J connectivity index is 1.53. The van der Waals surface area contributed by atoms with Gasteiger partial charge in [-0.3, -0.25) is 9.59 Å². The largest absolute Gasteiger partial charge is 0.375 e. The van der Waals surface area contributed by atoms with Crippen LogP contribution in [0.15, 0.2) is 60.7 Å². The van der Waals surface area contributed by atoms with Crippen LogP contribution in [0.1, 0.15) is 18.4 Å². The van der Waals surface area contributed by atoms with Crippen molar-refractivity contribution in [2.45, 2.75) is 19.3 Å². The van der Waals surface area contributed by atoms with E-state index < -0.39 is 0 Å². The fraction of sp³-hybridized carbons (Fsp3) is 0.333. The topological polar surface area (TPSA) is 61.4 Å². The summed E-state index contributed by atoms with van der Waals surface area (Å²) in [5, 5.41) is 5.68. The highest BCUT2D eigenvalue weighted by Gasteiger charge is 2.05. The lowest BCUT2D eigenvalue weighted by atomic mass is 10.1. The molecule has 0 saturated carbocycles. The molecule has 26 heavy (non-hydrogen) atoms. The highest BCUT2D eigenvalue weighted by atomic mass is 16.2. The van der Waals surface area contributed by atoms with E-state index in [9.17, 15) is 9.59 Å². The summed E-state index contributed by atoms with van der Waals surface area (Å²) in [7, 11) is 2.04. The molecule has 0 bridgehead atoms. The second kappa shape index (κ2) is 10.9. The van der Waals surface area contributed by atoms with E-state index >= 15 is 0 Å². The number of para-hydroxylation sites is 1. The number of hydrogen-bond acceptors (Lipinski definition) is 3. The monoisotopic (exact) mass is 353 g/mol. The van der Waals surface area contributed by atoms with E-state index in [4.69, 9.17) is 0 Å². The molecule has 2 aromatic carbocycles. The summed E-state index contributed by atoms with van der Waals surface area (Å²) in [6, 6.07) is 19.7. The number of hydrogen-bond donors (Lipinski definition) is 2. The van der Waals surface area contributed by atoms with Crippen LogP contribution in [-0.4, -0.2) is 38.5 Å². The lowest BCUT2D eigenvalue weighted by Crippen LogP contribution is -2.32. The quantitative estimate of drug-likeness (QED) is 0.645. The van der Waals surface area contributed by atoms with Crippen molar-refractivity contribution in [2.24, 2.45) is 0 Å². The first kappa shape index (κ1) is 19.5. The third kappa shape index (κ3) is 7.38. The van der Waals surface area contributed by atoms with Gasteiger partial charge in [0.1, 0.15) is 0 Å². The predicted octanol–water partition coefficient (Wildman–Crippen LogP) is 2.38. The molecular formula is C21H27N3O2. The Labute approximate surface area is 155 Å². The Morgan fingerprint density at radius 1 is 0.846 bits per heavy atom. The fourth-order valence-corrected chi connectivity index (χ4v) is 2.60. The average molecular weight is 353 g/mol. The number of nitrogens with zero attached hydrogens (tertiary/aromatic N) is 1. The van der Waals surface area contributed by atoms with Crippen LogP contribution in [0, 0.1) is 0 Å². The maximum Gasteiger partial charge on any atom is 0.224 e. The minimum absolute atomic E-state index is 0.0348. The van der Waals surface area contributed by atoms with Gasteiger partial charge < -0.3 is 15.5 Å². The van der Waals surface area contributed by atoms with Crippen LogP contribution in [0.2, 0.25) is 0 Å². The van der Waals surface area contributed by atoms with Gasteiger partial charge in [-0.1, -0.05) is 48.5 Å². The Hall–Kier alpha value is -2.82. The van der Waals surface area contributed by atoms with Crippen molar-refractivity contribution in [1.82, 2.24) is 10.6 Å². The smallest absolute Gasteiger partial charge is 0.224 e. The first-order valence-electron chi connectivity index (χ1n) is 8.98. The third-order valence-electron chi connectivity index (χ3n) is 4.07. The van der Waals surface area contributed by atoms with E-state index in [2.05, 4.69) is 27.7 Å². The number of amides is 2. The molecular weight excluding hydrogens is 326 g/mol. The van der Waals surface area contributed by atoms with Crippen LogP contribution in [0.3, 0.4) is 0 Å². The van der Waals surface area contributed by atoms with E-state index in [-0.39, 0.29) is 11.8 Å². The lowest BCUT2D eigenvalue weighted by Gasteiger charge is -2.19. The molecule has 2 rings (SSSR count). The molecule has 0 saturated heterocycles. The van der Waals surface area contributed by atoms with Crippen molar-refractivity contribution < 1.29 is 9.59 Å². The maximum atomic E-state index is 11.8. The zero-order valence-corrected chi connectivity index (χ0v) is 15.3. The summed E-state index contributed by atoms with van der Waals surface area (Å²) in [5.74, 6) is -0.0964. The highest BCUT2D eigenvalue weighted by Crippen LogP contribution is 2.10. The molecule has 5 heteroatoms. The van der Waals surface area contributed by atoms with Crippen LogP contribution in [-0.2, 0) is 16.0 Å². The highest BCUT2D eigenvalue weighted by molar-refractivity contribution is 5.80. The number of nitrogens with one attached hydrogen (secondary N) is 2. The molecule has 0 spiro atoms. The first-order chi connectivity index (χ1) is 12.6. The zero-order chi connectivity index (χ0) is 18.6. The number of rotatable bonds is 10. The van der Waals surface area contributed by atoms with Crippen molar-refractivity contribution in [3.05, 3.63) is 66.2 Å². The SMILES string of the molecule is CN(CCCNC(=O)CCNC(=O)Cc1ccccc1)c1ccccc1. The summed E-state index contributed by atoms with van der Waals surface area (Å²) in [5.41, 5.74) is 2.14. The number of carbonyl (C=O) groups is 2. The molecule has 2 aromatic rings. The van der Waals surface area contributed by atoms with Gasteiger partial charge in [0, 0.05) is 38.8 Å². The van der Waals surface area contributed by atoms with Gasteiger partial charge in [0.15, 0.2) is 0 Å². The molecule has 0 atom stereocenters. The predicted molar refractivity (Wildman–Crippen MR) is 105 cm³/mol. The fourth-order valence-electron chi connectivity index (χ4n) is 2.60. The Morgan fingerprint density at radius 3 is 2.15 bits per heavy atom. The molecule has 0 heterocycles. The molecule has 0 fully saturated rings. The molecule has 2 N–H and O–H groups in total. The van der Waals surface area contributed by atoms with Crippen LogP contribution < -0.4 is 15.5 Å². The van der Waals surface area contributed by atoms with Gasteiger partial charge in [-0.25, -0.2) is 0 Å². The van der Waals surface area contributed by atoms with Crippen molar-refractivity contribution in [2.75, 3.05) is 31.6 Å². The van der Waals surface area contributed by atoms with Crippen molar-refractivity contribution in [3.8, 4) is 0 Å². The van der Waals surface area contributed by atoms with Gasteiger partial charge in [-0.15, -0.1) is 0 Å². The van der Waals surface area contributed by atoms with Crippen molar-refractivity contribution in [3.63, 3.8) is 0 Å². The van der Waals surface area contributed by atoms with Gasteiger partial charge in [-0.05, 0) is 24.1 Å². The minimum Gasteiger partial charge on any atom is -0.375 e. The summed E-state index contributed by atoms with van der Waals surface area (Å²) < 4.78 is 0. The third-order valence-corrected chi connectivity index (χ3v) is 4.07. The summed E-state index contributed by atoms with van der Waals surface area (Å²) in [6.07, 6.45) is 1.51. The number of anilines is 1. The van der Waals surface area contributed by atoms with Crippen molar-refractivity contribution in [1.29, 1.82) is 0 Å². The Morgan fingerprint density at radius 2 is 1.46 bits per heavy atom. The van der Waals surface area contributed by atoms with Gasteiger partial charge in [0.2, 0.25) is 11.8 Å². The number of carbonyl (C=O) groups excluding carboxylic acids is 2. The molecule has 5 nitrogen and oxygen atoms in total. The summed E-state index contributed by atoms with van der Waals surface area (Å²) >= 11 is 0. The van der Waals surface area contributed by atoms with Gasteiger partial charge >= 0.3 is 0 Å². The van der Waals surface area contributed by atoms with E-state index in [0.29, 0.717) is 25.9 Å². The standard InChI is InChI=1S/C21H27N3O2/c1-24(19-11-6-3-7-12-19)16-8-14-22-20(25)13-15-23-21(26)17-18-9-4-2-5-10-18/h2-7,9-12H,8,13-17H2,1H3,(H,22,25)(H,23,26). The van der Waals surface area contributed by atoms with Crippen molar-refractivity contribution >= 4 is 17.5 Å². The molecule has 0 aliphatic heterocycles. The van der Waals surface area contributed by atoms with Gasteiger partial charge in [0.05, 0.1) is 6.42 Å². The Bertz CT molecular complexity index is 674. The van der Waals surface area contributed by atoms with E-state index in [0.717, 1.165) is 18.5 Å². The van der Waals surface area contributed by atoms with E-state index in [1.807, 2.05) is 55.6 Å². The minimum atomic E-state index is -0.0616. The first-order valence-corrected chi connectivity index (χ1v) is 8.98. The van der Waals surface area contributed by atoms with Crippen LogP contribution in [0.25, 0.3) is 0 Å². The lowest BCUT2D eigenvalue weighted by molar-refractivity contribution is -0.122. The van der Waals surface area contributed by atoms with Gasteiger partial charge in [-0.2, -0.15) is 0 Å². The molecule has 0 aliphatic rings. The number of benzene rings is 2. The molecule has 0 aromatic heterocycles.